The van der Waals surface area contributed by atoms with Gasteiger partial charge in [-0.3, -0.25) is 9.59 Å². The molecule has 1 rings (SSSR count). The van der Waals surface area contributed by atoms with Crippen LogP contribution in [0, 0.1) is 0 Å². The molecule has 4 N–H and O–H groups in total. The standard InChI is InChI=1S/C13H13ClN2O4/c14-9-3-1-2-8(6-9)4-5-12(18)16-10(13(19)20)7-11(15)17/h1-6,10H,7H2,(H2,15,17)(H,16,18)(H,19,20)/b5-4+/t10-/m1/s1. The fourth-order valence-corrected chi connectivity index (χ4v) is 1.60. The van der Waals surface area contributed by atoms with Crippen LogP contribution in [-0.2, 0) is 14.4 Å². The molecule has 0 aliphatic heterocycles. The van der Waals surface area contributed by atoms with Crippen molar-refractivity contribution in [1.82, 2.24) is 5.32 Å². The smallest absolute Gasteiger partial charge is 0.326 e. The molecule has 0 saturated carbocycles. The summed E-state index contributed by atoms with van der Waals surface area (Å²) in [5.74, 6) is -2.77. The van der Waals surface area contributed by atoms with E-state index in [9.17, 15) is 14.4 Å². The number of carboxylic acid groups (broad SMARTS) is 1. The molecule has 1 atom stereocenters. The second-order valence-electron chi connectivity index (χ2n) is 3.96. The monoisotopic (exact) mass is 296 g/mol. The molecular formula is C13H13ClN2O4. The van der Waals surface area contributed by atoms with Crippen LogP contribution in [0.2, 0.25) is 5.02 Å². The Morgan fingerprint density at radius 2 is 2.10 bits per heavy atom. The largest absolute Gasteiger partial charge is 0.480 e. The number of carbonyl (C=O) groups excluding carboxylic acids is 2. The Kier molecular flexibility index (Phi) is 5.74. The van der Waals surface area contributed by atoms with Crippen LogP contribution < -0.4 is 11.1 Å². The third-order valence-electron chi connectivity index (χ3n) is 2.30. The molecule has 0 saturated heterocycles. The molecule has 0 fully saturated rings. The Hall–Kier alpha value is -2.34. The summed E-state index contributed by atoms with van der Waals surface area (Å²) in [7, 11) is 0. The first-order valence-electron chi connectivity index (χ1n) is 5.63. The molecule has 20 heavy (non-hydrogen) atoms. The number of nitrogens with one attached hydrogen (secondary N) is 1. The molecule has 2 amide bonds. The lowest BCUT2D eigenvalue weighted by molar-refractivity contribution is -0.142. The molecule has 106 valence electrons. The fourth-order valence-electron chi connectivity index (χ4n) is 1.40. The lowest BCUT2D eigenvalue weighted by Gasteiger charge is -2.10. The molecule has 0 aromatic heterocycles. The van der Waals surface area contributed by atoms with Gasteiger partial charge >= 0.3 is 5.97 Å². The van der Waals surface area contributed by atoms with Crippen LogP contribution in [0.25, 0.3) is 6.08 Å². The predicted molar refractivity (Wildman–Crippen MR) is 73.9 cm³/mol. The highest BCUT2D eigenvalue weighted by atomic mass is 35.5. The van der Waals surface area contributed by atoms with Crippen LogP contribution >= 0.6 is 11.6 Å². The molecule has 0 heterocycles. The SMILES string of the molecule is NC(=O)C[C@@H](NC(=O)/C=C/c1cccc(Cl)c1)C(=O)O. The van der Waals surface area contributed by atoms with E-state index < -0.39 is 30.2 Å². The Bertz CT molecular complexity index is 557. The second-order valence-corrected chi connectivity index (χ2v) is 4.39. The van der Waals surface area contributed by atoms with E-state index >= 15 is 0 Å². The summed E-state index contributed by atoms with van der Waals surface area (Å²) in [5, 5.41) is 11.5. The Balaban J connectivity index is 2.66. The zero-order valence-corrected chi connectivity index (χ0v) is 11.1. The van der Waals surface area contributed by atoms with Crippen molar-refractivity contribution in [3.8, 4) is 0 Å². The van der Waals surface area contributed by atoms with Gasteiger partial charge in [-0.1, -0.05) is 23.7 Å². The van der Waals surface area contributed by atoms with E-state index in [0.717, 1.165) is 6.08 Å². The van der Waals surface area contributed by atoms with E-state index in [-0.39, 0.29) is 0 Å². The maximum atomic E-state index is 11.6. The highest BCUT2D eigenvalue weighted by Gasteiger charge is 2.20. The van der Waals surface area contributed by atoms with Crippen molar-refractivity contribution in [3.05, 3.63) is 40.9 Å². The van der Waals surface area contributed by atoms with Crippen molar-refractivity contribution in [3.63, 3.8) is 0 Å². The van der Waals surface area contributed by atoms with Crippen molar-refractivity contribution in [2.24, 2.45) is 5.73 Å². The first kappa shape index (κ1) is 15.7. The topological polar surface area (TPSA) is 109 Å². The molecule has 0 aliphatic rings. The van der Waals surface area contributed by atoms with E-state index in [1.54, 1.807) is 24.3 Å². The molecule has 0 aliphatic carbocycles. The molecule has 7 heteroatoms. The van der Waals surface area contributed by atoms with Crippen LogP contribution in [0.15, 0.2) is 30.3 Å². The number of hydrogen-bond acceptors (Lipinski definition) is 3. The predicted octanol–water partition coefficient (Wildman–Crippen LogP) is 0.798. The Labute approximate surface area is 120 Å². The Morgan fingerprint density at radius 3 is 2.65 bits per heavy atom. The van der Waals surface area contributed by atoms with Gasteiger partial charge in [0.25, 0.3) is 0 Å². The normalized spacial score (nSPS) is 12.1. The number of carboxylic acids is 1. The van der Waals surface area contributed by atoms with E-state index in [2.05, 4.69) is 5.32 Å². The molecule has 0 radical (unpaired) electrons. The minimum absolute atomic E-state index is 0.466. The lowest BCUT2D eigenvalue weighted by Crippen LogP contribution is -2.42. The van der Waals surface area contributed by atoms with Gasteiger partial charge in [-0.15, -0.1) is 0 Å². The fraction of sp³-hybridized carbons (Fsp3) is 0.154. The molecular weight excluding hydrogens is 284 g/mol. The third-order valence-corrected chi connectivity index (χ3v) is 2.53. The van der Waals surface area contributed by atoms with Crippen LogP contribution in [0.1, 0.15) is 12.0 Å². The van der Waals surface area contributed by atoms with Gasteiger partial charge in [0, 0.05) is 11.1 Å². The molecule has 6 nitrogen and oxygen atoms in total. The molecule has 0 spiro atoms. The van der Waals surface area contributed by atoms with Gasteiger partial charge in [0.05, 0.1) is 6.42 Å². The summed E-state index contributed by atoms with van der Waals surface area (Å²) in [6, 6.07) is 5.43. The van der Waals surface area contributed by atoms with Crippen molar-refractivity contribution >= 4 is 35.5 Å². The summed E-state index contributed by atoms with van der Waals surface area (Å²) in [4.78, 5) is 33.1. The zero-order valence-electron chi connectivity index (χ0n) is 10.4. The highest BCUT2D eigenvalue weighted by Crippen LogP contribution is 2.11. The summed E-state index contributed by atoms with van der Waals surface area (Å²) in [5.41, 5.74) is 5.59. The van der Waals surface area contributed by atoms with Crippen LogP contribution in [0.5, 0.6) is 0 Å². The van der Waals surface area contributed by atoms with Crippen LogP contribution in [0.3, 0.4) is 0 Å². The minimum Gasteiger partial charge on any atom is -0.480 e. The summed E-state index contributed by atoms with van der Waals surface area (Å²) >= 11 is 5.78. The van der Waals surface area contributed by atoms with E-state index in [1.165, 1.54) is 6.08 Å². The number of rotatable bonds is 6. The van der Waals surface area contributed by atoms with Gasteiger partial charge in [-0.25, -0.2) is 4.79 Å². The average molecular weight is 297 g/mol. The zero-order chi connectivity index (χ0) is 15.1. The van der Waals surface area contributed by atoms with Gasteiger partial charge in [0.2, 0.25) is 11.8 Å². The molecule has 0 bridgehead atoms. The quantitative estimate of drug-likeness (QED) is 0.674. The van der Waals surface area contributed by atoms with Gasteiger partial charge in [-0.05, 0) is 23.8 Å². The molecule has 1 aromatic rings. The van der Waals surface area contributed by atoms with Crippen molar-refractivity contribution in [2.45, 2.75) is 12.5 Å². The average Bonchev–Trinajstić information content (AvgIpc) is 2.35. The van der Waals surface area contributed by atoms with E-state index in [4.69, 9.17) is 22.4 Å². The molecule has 1 aromatic carbocycles. The first-order chi connectivity index (χ1) is 9.38. The van der Waals surface area contributed by atoms with Crippen molar-refractivity contribution in [2.75, 3.05) is 0 Å². The number of aliphatic carboxylic acids is 1. The minimum atomic E-state index is -1.34. The van der Waals surface area contributed by atoms with Crippen LogP contribution in [0.4, 0.5) is 0 Å². The number of benzene rings is 1. The highest BCUT2D eigenvalue weighted by molar-refractivity contribution is 6.30. The number of nitrogens with two attached hydrogens (primary N) is 1. The maximum Gasteiger partial charge on any atom is 0.326 e. The van der Waals surface area contributed by atoms with Crippen molar-refractivity contribution in [1.29, 1.82) is 0 Å². The van der Waals surface area contributed by atoms with Gasteiger partial charge < -0.3 is 16.2 Å². The Morgan fingerprint density at radius 1 is 1.40 bits per heavy atom. The van der Waals surface area contributed by atoms with Crippen LogP contribution in [-0.4, -0.2) is 28.9 Å². The second kappa shape index (κ2) is 7.30. The third kappa shape index (κ3) is 5.53. The van der Waals surface area contributed by atoms with Gasteiger partial charge in [0.15, 0.2) is 0 Å². The number of halogens is 1. The number of hydrogen-bond donors (Lipinski definition) is 3. The van der Waals surface area contributed by atoms with Gasteiger partial charge in [0.1, 0.15) is 6.04 Å². The molecule has 0 unspecified atom stereocenters. The number of primary amides is 1. The lowest BCUT2D eigenvalue weighted by atomic mass is 10.2. The number of amides is 2. The summed E-state index contributed by atoms with van der Waals surface area (Å²) in [6.45, 7) is 0. The van der Waals surface area contributed by atoms with E-state index in [0.29, 0.717) is 10.6 Å². The first-order valence-corrected chi connectivity index (χ1v) is 6.01. The number of carbonyl (C=O) groups is 3. The summed E-state index contributed by atoms with van der Waals surface area (Å²) in [6.07, 6.45) is 2.17. The van der Waals surface area contributed by atoms with Crippen molar-refractivity contribution < 1.29 is 19.5 Å². The van der Waals surface area contributed by atoms with Gasteiger partial charge in [-0.2, -0.15) is 0 Å². The maximum absolute atomic E-state index is 11.6. The summed E-state index contributed by atoms with van der Waals surface area (Å²) < 4.78 is 0. The van der Waals surface area contributed by atoms with E-state index in [1.807, 2.05) is 0 Å².